The van der Waals surface area contributed by atoms with E-state index in [1.807, 2.05) is 31.5 Å². The van der Waals surface area contributed by atoms with Crippen LogP contribution in [0.1, 0.15) is 29.8 Å². The van der Waals surface area contributed by atoms with Crippen LogP contribution in [0.5, 0.6) is 0 Å². The molecule has 0 bridgehead atoms. The number of hydrogen-bond acceptors (Lipinski definition) is 11. The molecular weight excluding hydrogens is 470 g/mol. The number of aromatic nitrogens is 6. The standard InChI is InChI=1S/C19H23N7O3S3/c1-5-29-16(28)7-13-8-30-18(22-13)23-15(27)10-32-19-25-24-14(26(19)4)9-31-17-20-11(2)6-12(3)21-17/h6,8H,5,7,9-10H2,1-4H3,(H,22,23,27). The fourth-order valence-electron chi connectivity index (χ4n) is 2.57. The van der Waals surface area contributed by atoms with E-state index >= 15 is 0 Å². The Morgan fingerprint density at radius 1 is 1.16 bits per heavy atom. The zero-order chi connectivity index (χ0) is 23.1. The van der Waals surface area contributed by atoms with Gasteiger partial charge in [0.1, 0.15) is 5.82 Å². The van der Waals surface area contributed by atoms with Crippen molar-refractivity contribution in [1.82, 2.24) is 29.7 Å². The maximum atomic E-state index is 12.3. The summed E-state index contributed by atoms with van der Waals surface area (Å²) in [6.45, 7) is 5.95. The molecule has 0 fully saturated rings. The zero-order valence-electron chi connectivity index (χ0n) is 18.1. The Morgan fingerprint density at radius 2 is 1.91 bits per heavy atom. The van der Waals surface area contributed by atoms with Crippen LogP contribution >= 0.6 is 34.9 Å². The van der Waals surface area contributed by atoms with E-state index in [4.69, 9.17) is 4.74 Å². The Morgan fingerprint density at radius 3 is 2.62 bits per heavy atom. The molecular formula is C19H23N7O3S3. The van der Waals surface area contributed by atoms with Gasteiger partial charge in [0.15, 0.2) is 15.4 Å². The van der Waals surface area contributed by atoms with Crippen molar-refractivity contribution in [2.45, 2.75) is 43.3 Å². The van der Waals surface area contributed by atoms with E-state index in [2.05, 4.69) is 30.5 Å². The first-order valence-electron chi connectivity index (χ1n) is 9.70. The van der Waals surface area contributed by atoms with E-state index in [0.29, 0.717) is 33.5 Å². The van der Waals surface area contributed by atoms with Gasteiger partial charge in [-0.15, -0.1) is 21.5 Å². The quantitative estimate of drug-likeness (QED) is 0.256. The Labute approximate surface area is 198 Å². The van der Waals surface area contributed by atoms with Crippen molar-refractivity contribution in [1.29, 1.82) is 0 Å². The van der Waals surface area contributed by atoms with Crippen LogP contribution < -0.4 is 5.32 Å². The number of hydrogen-bond donors (Lipinski definition) is 1. The predicted molar refractivity (Wildman–Crippen MR) is 124 cm³/mol. The van der Waals surface area contributed by atoms with Gasteiger partial charge in [-0.3, -0.25) is 9.59 Å². The minimum Gasteiger partial charge on any atom is -0.466 e. The summed E-state index contributed by atoms with van der Waals surface area (Å²) in [5, 5.41) is 14.6. The number of carbonyl (C=O) groups is 2. The van der Waals surface area contributed by atoms with E-state index in [1.54, 1.807) is 12.3 Å². The number of carbonyl (C=O) groups excluding carboxylic acids is 2. The number of rotatable bonds is 10. The van der Waals surface area contributed by atoms with Gasteiger partial charge in [-0.2, -0.15) is 0 Å². The van der Waals surface area contributed by atoms with Gasteiger partial charge in [-0.05, 0) is 26.8 Å². The second-order valence-corrected chi connectivity index (χ2v) is 9.39. The van der Waals surface area contributed by atoms with Gasteiger partial charge in [0.05, 0.1) is 30.2 Å². The molecule has 1 N–H and O–H groups in total. The monoisotopic (exact) mass is 493 g/mol. The summed E-state index contributed by atoms with van der Waals surface area (Å²) in [7, 11) is 1.86. The second kappa shape index (κ2) is 11.4. The maximum absolute atomic E-state index is 12.3. The average molecular weight is 494 g/mol. The summed E-state index contributed by atoms with van der Waals surface area (Å²) >= 11 is 4.04. The SMILES string of the molecule is CCOC(=O)Cc1csc(NC(=O)CSc2nnc(CSc3nc(C)cc(C)n3)n2C)n1. The van der Waals surface area contributed by atoms with E-state index in [9.17, 15) is 9.59 Å². The van der Waals surface area contributed by atoms with Crippen molar-refractivity contribution in [3.63, 3.8) is 0 Å². The van der Waals surface area contributed by atoms with Crippen molar-refractivity contribution in [3.05, 3.63) is 34.4 Å². The van der Waals surface area contributed by atoms with E-state index < -0.39 is 0 Å². The molecule has 0 aromatic carbocycles. The molecule has 0 spiro atoms. The Kier molecular flexibility index (Phi) is 8.59. The number of nitrogens with zero attached hydrogens (tertiary/aromatic N) is 6. The van der Waals surface area contributed by atoms with Crippen molar-refractivity contribution in [2.75, 3.05) is 17.7 Å². The molecule has 0 unspecified atom stereocenters. The first-order chi connectivity index (χ1) is 15.3. The number of thiazole rings is 1. The van der Waals surface area contributed by atoms with Crippen LogP contribution in [0.3, 0.4) is 0 Å². The van der Waals surface area contributed by atoms with Gasteiger partial charge in [-0.1, -0.05) is 23.5 Å². The predicted octanol–water partition coefficient (Wildman–Crippen LogP) is 2.81. The molecule has 0 atom stereocenters. The molecule has 13 heteroatoms. The molecule has 0 saturated carbocycles. The van der Waals surface area contributed by atoms with Crippen molar-refractivity contribution in [3.8, 4) is 0 Å². The lowest BCUT2D eigenvalue weighted by Crippen LogP contribution is -2.14. The Hall–Kier alpha value is -2.51. The molecule has 0 aliphatic rings. The van der Waals surface area contributed by atoms with E-state index in [-0.39, 0.29) is 24.1 Å². The van der Waals surface area contributed by atoms with Crippen LogP contribution in [-0.2, 0) is 33.5 Å². The third-order valence-electron chi connectivity index (χ3n) is 3.98. The molecule has 3 aromatic rings. The topological polar surface area (TPSA) is 125 Å². The highest BCUT2D eigenvalue weighted by Crippen LogP contribution is 2.22. The van der Waals surface area contributed by atoms with Gasteiger partial charge < -0.3 is 14.6 Å². The van der Waals surface area contributed by atoms with Crippen molar-refractivity contribution < 1.29 is 14.3 Å². The normalized spacial score (nSPS) is 10.9. The lowest BCUT2D eigenvalue weighted by Gasteiger charge is -2.05. The van der Waals surface area contributed by atoms with Gasteiger partial charge in [0, 0.05) is 23.8 Å². The molecule has 0 aliphatic carbocycles. The first kappa shape index (κ1) is 24.1. The van der Waals surface area contributed by atoms with Crippen LogP contribution in [0, 0.1) is 13.8 Å². The van der Waals surface area contributed by atoms with Gasteiger partial charge in [0.25, 0.3) is 0 Å². The highest BCUT2D eigenvalue weighted by molar-refractivity contribution is 7.99. The molecule has 10 nitrogen and oxygen atoms in total. The van der Waals surface area contributed by atoms with Crippen LogP contribution in [0.2, 0.25) is 0 Å². The zero-order valence-corrected chi connectivity index (χ0v) is 20.6. The number of thioether (sulfide) groups is 2. The number of amides is 1. The first-order valence-corrected chi connectivity index (χ1v) is 12.5. The molecule has 32 heavy (non-hydrogen) atoms. The molecule has 3 aromatic heterocycles. The Bertz CT molecular complexity index is 1080. The van der Waals surface area contributed by atoms with E-state index in [0.717, 1.165) is 17.2 Å². The highest BCUT2D eigenvalue weighted by atomic mass is 32.2. The lowest BCUT2D eigenvalue weighted by atomic mass is 10.3. The van der Waals surface area contributed by atoms with Crippen LogP contribution in [-0.4, -0.2) is 54.0 Å². The lowest BCUT2D eigenvalue weighted by molar-refractivity contribution is -0.142. The smallest absolute Gasteiger partial charge is 0.311 e. The van der Waals surface area contributed by atoms with Crippen LogP contribution in [0.4, 0.5) is 5.13 Å². The molecule has 1 amide bonds. The molecule has 0 aliphatic heterocycles. The highest BCUT2D eigenvalue weighted by Gasteiger charge is 2.14. The van der Waals surface area contributed by atoms with Gasteiger partial charge in [0.2, 0.25) is 5.91 Å². The molecule has 3 heterocycles. The largest absolute Gasteiger partial charge is 0.466 e. The molecule has 170 valence electrons. The van der Waals surface area contributed by atoms with Gasteiger partial charge >= 0.3 is 5.97 Å². The second-order valence-electron chi connectivity index (χ2n) is 6.64. The number of ether oxygens (including phenoxy) is 1. The summed E-state index contributed by atoms with van der Waals surface area (Å²) in [5.41, 5.74) is 2.42. The third-order valence-corrected chi connectivity index (χ3v) is 6.65. The minimum atomic E-state index is -0.341. The van der Waals surface area contributed by atoms with Crippen LogP contribution in [0.15, 0.2) is 21.8 Å². The summed E-state index contributed by atoms with van der Waals surface area (Å²) in [6.07, 6.45) is 0.0852. The number of nitrogens with one attached hydrogen (secondary N) is 1. The summed E-state index contributed by atoms with van der Waals surface area (Å²) in [5.74, 6) is 0.943. The summed E-state index contributed by atoms with van der Waals surface area (Å²) < 4.78 is 6.76. The van der Waals surface area contributed by atoms with E-state index in [1.165, 1.54) is 34.9 Å². The molecule has 0 saturated heterocycles. The summed E-state index contributed by atoms with van der Waals surface area (Å²) in [6, 6.07) is 1.93. The minimum absolute atomic E-state index is 0.0852. The van der Waals surface area contributed by atoms with Crippen molar-refractivity contribution >= 4 is 51.9 Å². The third kappa shape index (κ3) is 7.00. The summed E-state index contributed by atoms with van der Waals surface area (Å²) in [4.78, 5) is 36.9. The van der Waals surface area contributed by atoms with Crippen molar-refractivity contribution in [2.24, 2.45) is 7.05 Å². The number of esters is 1. The number of anilines is 1. The number of aryl methyl sites for hydroxylation is 2. The Balaban J connectivity index is 1.48. The van der Waals surface area contributed by atoms with Gasteiger partial charge in [-0.25, -0.2) is 15.0 Å². The molecule has 3 rings (SSSR count). The van der Waals surface area contributed by atoms with Crippen LogP contribution in [0.25, 0.3) is 0 Å². The molecule has 0 radical (unpaired) electrons. The average Bonchev–Trinajstić information content (AvgIpc) is 3.30. The fourth-order valence-corrected chi connectivity index (χ4v) is 4.96. The maximum Gasteiger partial charge on any atom is 0.311 e. The fraction of sp³-hybridized carbons (Fsp3) is 0.421.